The van der Waals surface area contributed by atoms with E-state index in [4.69, 9.17) is 10.7 Å². The Hall–Kier alpha value is 0.130. The quantitative estimate of drug-likeness (QED) is 0.536. The Kier molecular flexibility index (Phi) is 1.45. The van der Waals surface area contributed by atoms with Crippen molar-refractivity contribution in [3.8, 4) is 0 Å². The van der Waals surface area contributed by atoms with Gasteiger partial charge in [0.1, 0.15) is 0 Å². The molecule has 0 aromatic heterocycles. The van der Waals surface area contributed by atoms with Crippen LogP contribution in [0, 0.1) is 0 Å². The van der Waals surface area contributed by atoms with Crippen molar-refractivity contribution in [1.29, 1.82) is 0 Å². The molecule has 0 aromatic carbocycles. The monoisotopic (exact) mass is 174 g/mol. The highest BCUT2D eigenvalue weighted by molar-refractivity contribution is 8.14. The summed E-state index contributed by atoms with van der Waals surface area (Å²) in [5.74, 6) is 0. The molecule has 0 bridgehead atoms. The minimum Gasteiger partial charge on any atom is -0.372 e. The number of ether oxygens (including phenoxy) is 1. The molecule has 1 aliphatic heterocycles. The smallest absolute Gasteiger partial charge is 0.272 e. The van der Waals surface area contributed by atoms with Crippen LogP contribution >= 0.6 is 10.7 Å². The number of hydrogen-bond acceptors (Lipinski definition) is 3. The van der Waals surface area contributed by atoms with E-state index in [1.54, 1.807) is 0 Å². The predicted octanol–water partition coefficient (Wildman–Crippen LogP) is 0.251. The highest BCUT2D eigenvalue weighted by Crippen LogP contribution is 2.30. The maximum absolute atomic E-state index is 12.6. The number of halogens is 2. The summed E-state index contributed by atoms with van der Waals surface area (Å²) in [5, 5.41) is -2.32. The summed E-state index contributed by atoms with van der Waals surface area (Å²) in [5.41, 5.74) is 0. The molecule has 1 saturated heterocycles. The van der Waals surface area contributed by atoms with Gasteiger partial charge in [-0.3, -0.25) is 0 Å². The van der Waals surface area contributed by atoms with Crippen molar-refractivity contribution in [3.63, 3.8) is 0 Å². The molecule has 0 spiro atoms. The van der Waals surface area contributed by atoms with Crippen LogP contribution in [0.5, 0.6) is 0 Å². The fraction of sp³-hybridized carbons (Fsp3) is 1.00. The van der Waals surface area contributed by atoms with Crippen molar-refractivity contribution in [1.82, 2.24) is 0 Å². The topological polar surface area (TPSA) is 43.4 Å². The lowest BCUT2D eigenvalue weighted by molar-refractivity contribution is -0.0766. The molecule has 0 radical (unpaired) electrons. The summed E-state index contributed by atoms with van der Waals surface area (Å²) < 4.78 is 37.4. The van der Waals surface area contributed by atoms with Gasteiger partial charge in [0.05, 0.1) is 13.2 Å². The molecule has 0 aromatic rings. The second-order valence-corrected chi connectivity index (χ2v) is 4.64. The first-order chi connectivity index (χ1) is 3.96. The highest BCUT2D eigenvalue weighted by Gasteiger charge is 2.50. The average molecular weight is 175 g/mol. The molecule has 0 amide bonds. The van der Waals surface area contributed by atoms with Crippen molar-refractivity contribution in [2.45, 2.75) is 5.00 Å². The zero-order valence-corrected chi connectivity index (χ0v) is 5.88. The molecule has 0 atom stereocenters. The standard InChI is InChI=1S/C3H4ClFO3S/c4-9(6,7)3(5)1-8-2-3/h1-2H2. The third-order valence-electron chi connectivity index (χ3n) is 1.07. The maximum atomic E-state index is 12.6. The fourth-order valence-electron chi connectivity index (χ4n) is 0.403. The van der Waals surface area contributed by atoms with Crippen molar-refractivity contribution in [3.05, 3.63) is 0 Å². The molecule has 1 rings (SSSR count). The number of rotatable bonds is 1. The van der Waals surface area contributed by atoms with Crippen molar-refractivity contribution >= 4 is 19.7 Å². The van der Waals surface area contributed by atoms with Gasteiger partial charge >= 0.3 is 0 Å². The van der Waals surface area contributed by atoms with Crippen molar-refractivity contribution < 1.29 is 17.5 Å². The van der Waals surface area contributed by atoms with Crippen LogP contribution in [0.25, 0.3) is 0 Å². The third kappa shape index (κ3) is 1.04. The lowest BCUT2D eigenvalue weighted by Gasteiger charge is -2.29. The van der Waals surface area contributed by atoms with Crippen LogP contribution in [-0.4, -0.2) is 26.6 Å². The zero-order valence-electron chi connectivity index (χ0n) is 4.30. The zero-order chi connectivity index (χ0) is 7.12. The Morgan fingerprint density at radius 1 is 1.56 bits per heavy atom. The summed E-state index contributed by atoms with van der Waals surface area (Å²) in [6.07, 6.45) is 0. The third-order valence-corrected chi connectivity index (χ3v) is 3.01. The van der Waals surface area contributed by atoms with Gasteiger partial charge in [0.2, 0.25) is 0 Å². The van der Waals surface area contributed by atoms with E-state index in [9.17, 15) is 12.8 Å². The van der Waals surface area contributed by atoms with Gasteiger partial charge in [-0.1, -0.05) is 0 Å². The van der Waals surface area contributed by atoms with E-state index in [-0.39, 0.29) is 0 Å². The summed E-state index contributed by atoms with van der Waals surface area (Å²) in [4.78, 5) is 0. The SMILES string of the molecule is O=S(=O)(Cl)C1(F)COC1. The van der Waals surface area contributed by atoms with Crippen LogP contribution in [0.3, 0.4) is 0 Å². The van der Waals surface area contributed by atoms with Gasteiger partial charge in [-0.25, -0.2) is 12.8 Å². The average Bonchev–Trinajstić information content (AvgIpc) is 1.57. The molecule has 3 nitrogen and oxygen atoms in total. The van der Waals surface area contributed by atoms with Crippen LogP contribution in [0.2, 0.25) is 0 Å². The van der Waals surface area contributed by atoms with Gasteiger partial charge in [0, 0.05) is 10.7 Å². The Bertz CT molecular complexity index is 207. The molecule has 6 heteroatoms. The van der Waals surface area contributed by atoms with E-state index in [2.05, 4.69) is 4.74 Å². The first kappa shape index (κ1) is 7.24. The Morgan fingerprint density at radius 3 is 2.00 bits per heavy atom. The second kappa shape index (κ2) is 1.81. The Morgan fingerprint density at radius 2 is 2.00 bits per heavy atom. The van der Waals surface area contributed by atoms with E-state index >= 15 is 0 Å². The van der Waals surface area contributed by atoms with Gasteiger partial charge in [0.25, 0.3) is 14.1 Å². The number of hydrogen-bond donors (Lipinski definition) is 0. The molecule has 1 aliphatic rings. The molecule has 1 heterocycles. The van der Waals surface area contributed by atoms with Crippen LogP contribution in [0.15, 0.2) is 0 Å². The molecule has 0 aliphatic carbocycles. The van der Waals surface area contributed by atoms with Crippen LogP contribution in [0.4, 0.5) is 4.39 Å². The summed E-state index contributed by atoms with van der Waals surface area (Å²) >= 11 is 0. The van der Waals surface area contributed by atoms with E-state index in [0.29, 0.717) is 0 Å². The van der Waals surface area contributed by atoms with E-state index in [1.165, 1.54) is 0 Å². The van der Waals surface area contributed by atoms with Crippen molar-refractivity contribution in [2.75, 3.05) is 13.2 Å². The minimum atomic E-state index is -4.09. The lowest BCUT2D eigenvalue weighted by Crippen LogP contribution is -2.49. The van der Waals surface area contributed by atoms with Gasteiger partial charge in [-0.15, -0.1) is 0 Å². The summed E-state index contributed by atoms with van der Waals surface area (Å²) in [6, 6.07) is 0. The molecule has 54 valence electrons. The van der Waals surface area contributed by atoms with Crippen LogP contribution in [-0.2, 0) is 13.8 Å². The molecule has 0 unspecified atom stereocenters. The van der Waals surface area contributed by atoms with Gasteiger partial charge in [0.15, 0.2) is 0 Å². The first-order valence-corrected chi connectivity index (χ1v) is 4.47. The molecule has 9 heavy (non-hydrogen) atoms. The minimum absolute atomic E-state index is 0.446. The molecular weight excluding hydrogens is 171 g/mol. The largest absolute Gasteiger partial charge is 0.372 e. The normalized spacial score (nSPS) is 25.1. The van der Waals surface area contributed by atoms with Crippen LogP contribution < -0.4 is 0 Å². The number of alkyl halides is 1. The summed E-state index contributed by atoms with van der Waals surface area (Å²) in [7, 11) is 0.608. The highest BCUT2D eigenvalue weighted by atomic mass is 35.7. The fourth-order valence-corrected chi connectivity index (χ4v) is 1.12. The molecule has 1 fully saturated rings. The van der Waals surface area contributed by atoms with Gasteiger partial charge in [-0.2, -0.15) is 0 Å². The van der Waals surface area contributed by atoms with E-state index in [0.717, 1.165) is 0 Å². The second-order valence-electron chi connectivity index (χ2n) is 1.81. The summed E-state index contributed by atoms with van der Waals surface area (Å²) in [6.45, 7) is -0.891. The van der Waals surface area contributed by atoms with Crippen molar-refractivity contribution in [2.24, 2.45) is 0 Å². The predicted molar refractivity (Wildman–Crippen MR) is 29.4 cm³/mol. The Labute approximate surface area is 56.2 Å². The van der Waals surface area contributed by atoms with E-state index < -0.39 is 27.3 Å². The Balaban J connectivity index is 2.84. The molecule has 0 saturated carbocycles. The van der Waals surface area contributed by atoms with Crippen LogP contribution in [0.1, 0.15) is 0 Å². The van der Waals surface area contributed by atoms with E-state index in [1.807, 2.05) is 0 Å². The van der Waals surface area contributed by atoms with Gasteiger partial charge in [-0.05, 0) is 0 Å². The maximum Gasteiger partial charge on any atom is 0.272 e. The first-order valence-electron chi connectivity index (χ1n) is 2.17. The molecular formula is C3H4ClFO3S. The van der Waals surface area contributed by atoms with Gasteiger partial charge < -0.3 is 4.74 Å². The lowest BCUT2D eigenvalue weighted by atomic mass is 10.3. The molecule has 0 N–H and O–H groups in total.